The van der Waals surface area contributed by atoms with Crippen molar-refractivity contribution in [3.63, 3.8) is 0 Å². The number of aliphatic hydroxyl groups is 1. The number of hydrogen-bond donors (Lipinski definition) is 2. The third-order valence-corrected chi connectivity index (χ3v) is 4.12. The zero-order valence-corrected chi connectivity index (χ0v) is 12.6. The molecular weight excluding hydrogens is 284 g/mol. The number of nitrogens with zero attached hydrogens (tertiary/aromatic N) is 1. The molecule has 1 aliphatic carbocycles. The van der Waals surface area contributed by atoms with Gasteiger partial charge < -0.3 is 10.4 Å². The number of nitro benzene ring substituents is 1. The Morgan fingerprint density at radius 1 is 1.27 bits per heavy atom. The van der Waals surface area contributed by atoms with E-state index in [-0.39, 0.29) is 30.7 Å². The first-order chi connectivity index (χ1) is 10.6. The van der Waals surface area contributed by atoms with Gasteiger partial charge in [0.2, 0.25) is 0 Å². The van der Waals surface area contributed by atoms with Crippen molar-refractivity contribution in [2.24, 2.45) is 0 Å². The van der Waals surface area contributed by atoms with Gasteiger partial charge in [-0.05, 0) is 18.9 Å². The van der Waals surface area contributed by atoms with Crippen molar-refractivity contribution in [1.29, 1.82) is 0 Å². The summed E-state index contributed by atoms with van der Waals surface area (Å²) in [6, 6.07) is 4.60. The minimum atomic E-state index is -0.507. The number of hydrogen-bond acceptors (Lipinski definition) is 4. The zero-order chi connectivity index (χ0) is 15.9. The van der Waals surface area contributed by atoms with E-state index in [0.29, 0.717) is 11.1 Å². The highest BCUT2D eigenvalue weighted by molar-refractivity contribution is 5.95. The molecule has 0 unspecified atom stereocenters. The number of amides is 1. The molecule has 1 aromatic rings. The van der Waals surface area contributed by atoms with Crippen LogP contribution in [0.1, 0.15) is 54.4 Å². The molecule has 2 N–H and O–H groups in total. The molecule has 0 aromatic heterocycles. The number of nitro groups is 1. The lowest BCUT2D eigenvalue weighted by atomic mass is 10.0. The number of rotatable bonds is 5. The van der Waals surface area contributed by atoms with Gasteiger partial charge in [-0.25, -0.2) is 0 Å². The summed E-state index contributed by atoms with van der Waals surface area (Å²) in [4.78, 5) is 22.9. The standard InChI is InChI=1S/C16H22N2O4/c19-10-9-12-7-8-13(11-15(12)18(21)22)16(20)17-14-5-3-1-2-4-6-14/h7-8,11,14,19H,1-6,9-10H2,(H,17,20). The molecule has 1 aliphatic rings. The predicted molar refractivity (Wildman–Crippen MR) is 82.8 cm³/mol. The van der Waals surface area contributed by atoms with Crippen LogP contribution in [0.2, 0.25) is 0 Å². The van der Waals surface area contributed by atoms with Gasteiger partial charge >= 0.3 is 0 Å². The second kappa shape index (κ2) is 7.89. The van der Waals surface area contributed by atoms with Crippen LogP contribution in [-0.2, 0) is 6.42 Å². The molecule has 1 amide bonds. The molecule has 0 spiro atoms. The minimum absolute atomic E-state index is 0.109. The monoisotopic (exact) mass is 306 g/mol. The molecule has 0 aliphatic heterocycles. The molecule has 0 atom stereocenters. The normalized spacial score (nSPS) is 16.0. The topological polar surface area (TPSA) is 92.5 Å². The van der Waals surface area contributed by atoms with Crippen LogP contribution in [-0.4, -0.2) is 28.6 Å². The van der Waals surface area contributed by atoms with Crippen LogP contribution >= 0.6 is 0 Å². The molecule has 0 bridgehead atoms. The van der Waals surface area contributed by atoms with E-state index in [1.165, 1.54) is 18.9 Å². The molecule has 6 heteroatoms. The summed E-state index contributed by atoms with van der Waals surface area (Å²) in [6.07, 6.45) is 6.77. The van der Waals surface area contributed by atoms with Crippen molar-refractivity contribution in [3.05, 3.63) is 39.4 Å². The van der Waals surface area contributed by atoms with E-state index >= 15 is 0 Å². The van der Waals surface area contributed by atoms with E-state index < -0.39 is 4.92 Å². The summed E-state index contributed by atoms with van der Waals surface area (Å²) < 4.78 is 0. The Labute approximate surface area is 129 Å². The first kappa shape index (κ1) is 16.4. The molecule has 1 aromatic carbocycles. The Morgan fingerprint density at radius 2 is 1.95 bits per heavy atom. The number of benzene rings is 1. The van der Waals surface area contributed by atoms with Crippen molar-refractivity contribution in [2.75, 3.05) is 6.61 Å². The van der Waals surface area contributed by atoms with Crippen LogP contribution in [0.5, 0.6) is 0 Å². The van der Waals surface area contributed by atoms with Gasteiger partial charge in [0, 0.05) is 36.3 Å². The average molecular weight is 306 g/mol. The van der Waals surface area contributed by atoms with Crippen molar-refractivity contribution < 1.29 is 14.8 Å². The van der Waals surface area contributed by atoms with E-state index in [1.807, 2.05) is 0 Å². The number of carbonyl (C=O) groups excluding carboxylic acids is 1. The second-order valence-electron chi connectivity index (χ2n) is 5.74. The van der Waals surface area contributed by atoms with Crippen LogP contribution in [0.3, 0.4) is 0 Å². The molecule has 22 heavy (non-hydrogen) atoms. The maximum absolute atomic E-state index is 12.3. The van der Waals surface area contributed by atoms with Gasteiger partial charge in [0.1, 0.15) is 0 Å². The van der Waals surface area contributed by atoms with Crippen LogP contribution in [0.4, 0.5) is 5.69 Å². The van der Waals surface area contributed by atoms with Gasteiger partial charge in [0.15, 0.2) is 0 Å². The van der Waals surface area contributed by atoms with Crippen LogP contribution in [0.25, 0.3) is 0 Å². The average Bonchev–Trinajstić information content (AvgIpc) is 2.76. The second-order valence-corrected chi connectivity index (χ2v) is 5.74. The highest BCUT2D eigenvalue weighted by Crippen LogP contribution is 2.22. The van der Waals surface area contributed by atoms with Gasteiger partial charge in [-0.3, -0.25) is 14.9 Å². The quantitative estimate of drug-likeness (QED) is 0.497. The summed E-state index contributed by atoms with van der Waals surface area (Å²) in [7, 11) is 0. The molecule has 6 nitrogen and oxygen atoms in total. The summed E-state index contributed by atoms with van der Waals surface area (Å²) in [5.74, 6) is -0.259. The van der Waals surface area contributed by atoms with Gasteiger partial charge in [0.05, 0.1) is 4.92 Å². The summed E-state index contributed by atoms with van der Waals surface area (Å²) in [5.41, 5.74) is 0.638. The van der Waals surface area contributed by atoms with Crippen molar-refractivity contribution in [2.45, 2.75) is 51.0 Å². The lowest BCUT2D eigenvalue weighted by Crippen LogP contribution is -2.34. The molecule has 1 fully saturated rings. The van der Waals surface area contributed by atoms with E-state index in [9.17, 15) is 14.9 Å². The fraction of sp³-hybridized carbons (Fsp3) is 0.562. The maximum atomic E-state index is 12.3. The molecule has 2 rings (SSSR count). The smallest absolute Gasteiger partial charge is 0.273 e. The van der Waals surface area contributed by atoms with E-state index in [2.05, 4.69) is 5.32 Å². The Bertz CT molecular complexity index is 537. The third-order valence-electron chi connectivity index (χ3n) is 4.12. The van der Waals surface area contributed by atoms with Gasteiger partial charge in [-0.15, -0.1) is 0 Å². The molecule has 1 saturated carbocycles. The number of aliphatic hydroxyl groups excluding tert-OH is 1. The maximum Gasteiger partial charge on any atom is 0.273 e. The SMILES string of the molecule is O=C(NC1CCCCCC1)c1ccc(CCO)c([N+](=O)[O-])c1. The largest absolute Gasteiger partial charge is 0.396 e. The zero-order valence-electron chi connectivity index (χ0n) is 12.6. The predicted octanol–water partition coefficient (Wildman–Crippen LogP) is 2.58. The summed E-state index contributed by atoms with van der Waals surface area (Å²) in [5, 5.41) is 23.0. The van der Waals surface area contributed by atoms with Crippen molar-refractivity contribution >= 4 is 11.6 Å². The summed E-state index contributed by atoms with van der Waals surface area (Å²) >= 11 is 0. The summed E-state index contributed by atoms with van der Waals surface area (Å²) in [6.45, 7) is -0.158. The third kappa shape index (κ3) is 4.27. The van der Waals surface area contributed by atoms with Crippen LogP contribution in [0.15, 0.2) is 18.2 Å². The van der Waals surface area contributed by atoms with Crippen LogP contribution in [0, 0.1) is 10.1 Å². The Morgan fingerprint density at radius 3 is 2.55 bits per heavy atom. The van der Waals surface area contributed by atoms with E-state index in [0.717, 1.165) is 25.7 Å². The fourth-order valence-corrected chi connectivity index (χ4v) is 2.90. The first-order valence-corrected chi connectivity index (χ1v) is 7.81. The first-order valence-electron chi connectivity index (χ1n) is 7.81. The lowest BCUT2D eigenvalue weighted by molar-refractivity contribution is -0.385. The van der Waals surface area contributed by atoms with Gasteiger partial charge in [-0.2, -0.15) is 0 Å². The Balaban J connectivity index is 2.11. The molecule has 120 valence electrons. The van der Waals surface area contributed by atoms with Gasteiger partial charge in [-0.1, -0.05) is 31.7 Å². The molecular formula is C16H22N2O4. The Hall–Kier alpha value is -1.95. The highest BCUT2D eigenvalue weighted by atomic mass is 16.6. The van der Waals surface area contributed by atoms with E-state index in [4.69, 9.17) is 5.11 Å². The Kier molecular flexibility index (Phi) is 5.89. The van der Waals surface area contributed by atoms with Gasteiger partial charge in [0.25, 0.3) is 11.6 Å². The van der Waals surface area contributed by atoms with Crippen molar-refractivity contribution in [1.82, 2.24) is 5.32 Å². The fourth-order valence-electron chi connectivity index (χ4n) is 2.90. The number of nitrogens with one attached hydrogen (secondary N) is 1. The lowest BCUT2D eigenvalue weighted by Gasteiger charge is -2.16. The van der Waals surface area contributed by atoms with Crippen molar-refractivity contribution in [3.8, 4) is 0 Å². The minimum Gasteiger partial charge on any atom is -0.396 e. The molecule has 0 saturated heterocycles. The van der Waals surface area contributed by atoms with E-state index in [1.54, 1.807) is 12.1 Å². The molecule has 0 heterocycles. The molecule has 0 radical (unpaired) electrons. The highest BCUT2D eigenvalue weighted by Gasteiger charge is 2.19. The number of carbonyl (C=O) groups is 1. The van der Waals surface area contributed by atoms with Crippen LogP contribution < -0.4 is 5.32 Å².